The number of rotatable bonds is 3. The highest BCUT2D eigenvalue weighted by Gasteiger charge is 2.21. The molecule has 0 aromatic heterocycles. The second-order valence-electron chi connectivity index (χ2n) is 6.05. The van der Waals surface area contributed by atoms with Gasteiger partial charge in [-0.1, -0.05) is 0 Å². The topological polar surface area (TPSA) is 0 Å². The van der Waals surface area contributed by atoms with E-state index in [1.807, 2.05) is 0 Å². The Morgan fingerprint density at radius 2 is 0.929 bits per heavy atom. The van der Waals surface area contributed by atoms with Crippen molar-refractivity contribution in [3.8, 4) is 0 Å². The Morgan fingerprint density at radius 1 is 0.714 bits per heavy atom. The average Bonchev–Trinajstić information content (AvgIpc) is 1.95. The molecule has 0 aliphatic rings. The van der Waals surface area contributed by atoms with Crippen molar-refractivity contribution in [1.29, 1.82) is 0 Å². The second-order valence-corrected chi connectivity index (χ2v) is 12.2. The van der Waals surface area contributed by atoms with Gasteiger partial charge in [-0.25, -0.2) is 0 Å². The molecular weight excluding hydrogens is 204 g/mol. The van der Waals surface area contributed by atoms with Gasteiger partial charge < -0.3 is 15.1 Å². The molecule has 2 unspecified atom stereocenters. The van der Waals surface area contributed by atoms with E-state index in [9.17, 15) is 0 Å². The van der Waals surface area contributed by atoms with Crippen LogP contribution in [0.25, 0.3) is 0 Å². The summed E-state index contributed by atoms with van der Waals surface area (Å²) in [5.74, 6) is 0. The molecule has 80 valence electrons. The van der Waals surface area contributed by atoms with Crippen molar-refractivity contribution in [1.82, 2.24) is 0 Å². The van der Waals surface area contributed by atoms with Gasteiger partial charge in [0.15, 0.2) is 0 Å². The van der Waals surface area contributed by atoms with Crippen LogP contribution in [0.1, 0.15) is 41.5 Å². The van der Waals surface area contributed by atoms with Gasteiger partial charge in [0.05, 0.1) is 0 Å². The smallest absolute Gasteiger partial charge is 0.0392 e. The molecule has 0 aromatic carbocycles. The molecule has 6 radical (unpaired) electrons. The first-order valence-electron chi connectivity index (χ1n) is 5.28. The number of hydrogen-bond acceptors (Lipinski definition) is 0. The van der Waals surface area contributed by atoms with Gasteiger partial charge >= 0.3 is 0 Å². The van der Waals surface area contributed by atoms with E-state index in [0.717, 1.165) is 12.3 Å². The van der Waals surface area contributed by atoms with Crippen molar-refractivity contribution in [2.75, 3.05) is 12.3 Å². The molecule has 0 aromatic rings. The van der Waals surface area contributed by atoms with Gasteiger partial charge in [-0.3, -0.25) is 15.6 Å². The Kier molecular flexibility index (Phi) is 5.74. The lowest BCUT2D eigenvalue weighted by Gasteiger charge is -2.36. The van der Waals surface area contributed by atoms with Gasteiger partial charge in [-0.2, -0.15) is 0 Å². The van der Waals surface area contributed by atoms with Gasteiger partial charge in [0.2, 0.25) is 0 Å². The quantitative estimate of drug-likeness (QED) is 0.513. The van der Waals surface area contributed by atoms with E-state index in [-0.39, 0.29) is 0 Å². The summed E-state index contributed by atoms with van der Waals surface area (Å²) in [6.45, 7) is 13.4. The standard InChI is InChI=1S/C10H24B2P2/c1-9(2,3)13(11)7-8-14(12)10(4,5)6/h13-14H,7-8H2,1-6H3. The van der Waals surface area contributed by atoms with Gasteiger partial charge in [0.1, 0.15) is 0 Å². The van der Waals surface area contributed by atoms with E-state index < -0.39 is 15.6 Å². The molecule has 14 heavy (non-hydrogen) atoms. The van der Waals surface area contributed by atoms with E-state index in [0.29, 0.717) is 10.3 Å². The third-order valence-corrected chi connectivity index (χ3v) is 8.52. The summed E-state index contributed by atoms with van der Waals surface area (Å²) >= 11 is 0. The van der Waals surface area contributed by atoms with E-state index in [2.05, 4.69) is 41.5 Å². The lowest BCUT2D eigenvalue weighted by Crippen LogP contribution is -2.18. The van der Waals surface area contributed by atoms with Crippen molar-refractivity contribution in [3.05, 3.63) is 0 Å². The summed E-state index contributed by atoms with van der Waals surface area (Å²) in [5.41, 5.74) is 0. The third-order valence-electron chi connectivity index (χ3n) is 2.59. The van der Waals surface area contributed by atoms with Crippen LogP contribution in [0.5, 0.6) is 0 Å². The van der Waals surface area contributed by atoms with E-state index in [1.165, 1.54) is 0 Å². The summed E-state index contributed by atoms with van der Waals surface area (Å²) in [7, 11) is 11.0. The molecule has 0 aliphatic heterocycles. The molecular formula is C10H24B2P2. The van der Waals surface area contributed by atoms with Gasteiger partial charge in [0, 0.05) is 22.6 Å². The maximum atomic E-state index is 6.20. The van der Waals surface area contributed by atoms with Crippen LogP contribution in [0.15, 0.2) is 0 Å². The Hall–Kier alpha value is 0.990. The second kappa shape index (κ2) is 5.36. The highest BCUT2D eigenvalue weighted by atomic mass is 31.1. The molecule has 0 saturated carbocycles. The fraction of sp³-hybridized carbons (Fsp3) is 1.00. The van der Waals surface area contributed by atoms with Crippen molar-refractivity contribution in [3.63, 3.8) is 0 Å². The maximum Gasteiger partial charge on any atom is 0.0392 e. The fourth-order valence-corrected chi connectivity index (χ4v) is 4.67. The van der Waals surface area contributed by atoms with Crippen molar-refractivity contribution < 1.29 is 0 Å². The zero-order valence-electron chi connectivity index (χ0n) is 10.6. The monoisotopic (exact) mass is 228 g/mol. The molecule has 0 fully saturated rings. The highest BCUT2D eigenvalue weighted by Crippen LogP contribution is 2.51. The predicted octanol–water partition coefficient (Wildman–Crippen LogP) is 3.18. The minimum atomic E-state index is -0.714. The molecule has 4 heteroatoms. The first-order chi connectivity index (χ1) is 6.05. The molecule has 0 aliphatic carbocycles. The summed E-state index contributed by atoms with van der Waals surface area (Å²) in [4.78, 5) is 0. The summed E-state index contributed by atoms with van der Waals surface area (Å²) in [6.07, 6.45) is 2.33. The Bertz CT molecular complexity index is 150. The van der Waals surface area contributed by atoms with Crippen LogP contribution in [-0.4, -0.2) is 37.8 Å². The first-order valence-corrected chi connectivity index (χ1v) is 8.85. The SMILES string of the molecule is [B-][PH+](CC[PH+]([B-])C(C)(C)C)C(C)(C)C. The lowest BCUT2D eigenvalue weighted by molar-refractivity contribution is 0.784. The number of hydrogen-bond donors (Lipinski definition) is 0. The van der Waals surface area contributed by atoms with Crippen LogP contribution in [-0.2, 0) is 0 Å². The zero-order valence-corrected chi connectivity index (χ0v) is 12.6. The fourth-order valence-electron chi connectivity index (χ4n) is 1.02. The largest absolute Gasteiger partial charge is 0.309 e. The van der Waals surface area contributed by atoms with Crippen molar-refractivity contribution in [2.45, 2.75) is 51.9 Å². The summed E-state index contributed by atoms with van der Waals surface area (Å²) in [6, 6.07) is 0. The van der Waals surface area contributed by atoms with Crippen molar-refractivity contribution >= 4 is 30.7 Å². The van der Waals surface area contributed by atoms with Gasteiger partial charge in [-0.05, 0) is 41.5 Å². The van der Waals surface area contributed by atoms with Crippen molar-refractivity contribution in [2.24, 2.45) is 0 Å². The van der Waals surface area contributed by atoms with Crippen LogP contribution < -0.4 is 0 Å². The third kappa shape index (κ3) is 5.77. The Labute approximate surface area is 95.2 Å². The normalized spacial score (nSPS) is 18.0. The summed E-state index contributed by atoms with van der Waals surface area (Å²) < 4.78 is 0. The molecule has 0 bridgehead atoms. The predicted molar refractivity (Wildman–Crippen MR) is 77.4 cm³/mol. The summed E-state index contributed by atoms with van der Waals surface area (Å²) in [5, 5.41) is 0.620. The average molecular weight is 228 g/mol. The van der Waals surface area contributed by atoms with Gasteiger partial charge in [0.25, 0.3) is 0 Å². The first kappa shape index (κ1) is 15.0. The molecule has 0 saturated heterocycles. The van der Waals surface area contributed by atoms with Crippen LogP contribution in [0, 0.1) is 0 Å². The lowest BCUT2D eigenvalue weighted by atomic mass is 10.3. The molecule has 0 spiro atoms. The van der Waals surface area contributed by atoms with Gasteiger partial charge in [-0.15, -0.1) is 0 Å². The molecule has 0 rings (SSSR count). The Balaban J connectivity index is 3.96. The van der Waals surface area contributed by atoms with Crippen LogP contribution in [0.3, 0.4) is 0 Å². The highest BCUT2D eigenvalue weighted by molar-refractivity contribution is 7.86. The minimum absolute atomic E-state index is 0.310. The van der Waals surface area contributed by atoms with E-state index in [4.69, 9.17) is 15.1 Å². The molecule has 2 atom stereocenters. The molecule has 0 nitrogen and oxygen atoms in total. The minimum Gasteiger partial charge on any atom is -0.309 e. The van der Waals surface area contributed by atoms with E-state index >= 15 is 0 Å². The molecule has 0 amide bonds. The molecule has 0 N–H and O–H groups in total. The van der Waals surface area contributed by atoms with Crippen LogP contribution >= 0.6 is 15.6 Å². The van der Waals surface area contributed by atoms with Crippen LogP contribution in [0.4, 0.5) is 0 Å². The Morgan fingerprint density at radius 3 is 1.07 bits per heavy atom. The molecule has 0 heterocycles. The van der Waals surface area contributed by atoms with E-state index in [1.54, 1.807) is 0 Å². The maximum absolute atomic E-state index is 6.20. The zero-order chi connectivity index (χ0) is 11.6. The van der Waals surface area contributed by atoms with Crippen LogP contribution in [0.2, 0.25) is 0 Å².